The van der Waals surface area contributed by atoms with E-state index in [0.29, 0.717) is 34.4 Å². The van der Waals surface area contributed by atoms with Crippen LogP contribution in [0.25, 0.3) is 6.08 Å². The van der Waals surface area contributed by atoms with Crippen molar-refractivity contribution >= 4 is 23.6 Å². The van der Waals surface area contributed by atoms with Crippen molar-refractivity contribution in [3.05, 3.63) is 101 Å². The smallest absolute Gasteiger partial charge is 0.294 e. The Morgan fingerprint density at radius 2 is 1.84 bits per heavy atom. The molecule has 0 unspecified atom stereocenters. The second-order valence-electron chi connectivity index (χ2n) is 10.1. The van der Waals surface area contributed by atoms with Crippen molar-refractivity contribution in [2.45, 2.75) is 45.7 Å². The van der Waals surface area contributed by atoms with E-state index in [1.807, 2.05) is 30.3 Å². The van der Waals surface area contributed by atoms with E-state index in [1.54, 1.807) is 41.3 Å². The number of ether oxygens (including phenoxy) is 1. The number of hydrogen-bond acceptors (Lipinski definition) is 3. The number of carbonyl (C=O) groups excluding carboxylic acids is 2. The third-order valence-electron chi connectivity index (χ3n) is 7.56. The lowest BCUT2D eigenvalue weighted by atomic mass is 9.78. The number of nitrogens with zero attached hydrogens (tertiary/aromatic N) is 1. The van der Waals surface area contributed by atoms with Crippen LogP contribution in [0.1, 0.15) is 54.6 Å². The summed E-state index contributed by atoms with van der Waals surface area (Å²) in [5, 5.41) is 3.20. The first-order valence-corrected chi connectivity index (χ1v) is 12.8. The molecular weight excluding hydrogens is 467 g/mol. The Labute approximate surface area is 217 Å². The van der Waals surface area contributed by atoms with E-state index in [4.69, 9.17) is 4.74 Å². The van der Waals surface area contributed by atoms with E-state index in [9.17, 15) is 14.0 Å². The number of nitrogens with one attached hydrogen (secondary N) is 1. The quantitative estimate of drug-likeness (QED) is 0.417. The van der Waals surface area contributed by atoms with Crippen LogP contribution in [-0.4, -0.2) is 17.9 Å². The van der Waals surface area contributed by atoms with Gasteiger partial charge in [-0.05, 0) is 71.9 Å². The van der Waals surface area contributed by atoms with Gasteiger partial charge >= 0.3 is 0 Å². The summed E-state index contributed by atoms with van der Waals surface area (Å²) in [7, 11) is 0. The summed E-state index contributed by atoms with van der Waals surface area (Å²) in [6, 6.07) is 20.9. The van der Waals surface area contributed by atoms with Crippen LogP contribution in [-0.2, 0) is 11.3 Å². The zero-order valence-corrected chi connectivity index (χ0v) is 21.1. The summed E-state index contributed by atoms with van der Waals surface area (Å²) in [5.74, 6) is 1.03. The molecule has 1 N–H and O–H groups in total. The molecule has 190 valence electrons. The molecule has 3 aromatic rings. The summed E-state index contributed by atoms with van der Waals surface area (Å²) in [6.07, 6.45) is 5.02. The molecule has 2 amide bonds. The standard InChI is InChI=1S/C31H31FN2O3/c1-20-7-5-10-26(21(20)2)33-30(35)24-15-13-22(14-16-24)18-29-31(36)34(19-23-8-6-9-25(32)17-23)27-11-3-4-12-28(27)37-29/h3-4,6,8-9,11-18,20-21,26H,5,7,10,19H2,1-2H3,(H,33,35)/b29-18-/t20-,21+,26-/m1/s1. The van der Waals surface area contributed by atoms with Crippen molar-refractivity contribution in [2.24, 2.45) is 11.8 Å². The molecule has 0 saturated heterocycles. The third kappa shape index (κ3) is 5.43. The molecule has 2 aliphatic rings. The van der Waals surface area contributed by atoms with Crippen LogP contribution in [0, 0.1) is 17.7 Å². The van der Waals surface area contributed by atoms with Crippen molar-refractivity contribution < 1.29 is 18.7 Å². The van der Waals surface area contributed by atoms with Crippen LogP contribution in [0.3, 0.4) is 0 Å². The highest BCUT2D eigenvalue weighted by Gasteiger charge is 2.31. The highest BCUT2D eigenvalue weighted by molar-refractivity contribution is 6.09. The Balaban J connectivity index is 1.34. The first-order chi connectivity index (χ1) is 17.9. The summed E-state index contributed by atoms with van der Waals surface area (Å²) in [5.41, 5.74) is 2.64. The molecular formula is C31H31FN2O3. The van der Waals surface area contributed by atoms with E-state index in [2.05, 4.69) is 19.2 Å². The van der Waals surface area contributed by atoms with Gasteiger partial charge in [0, 0.05) is 11.6 Å². The Kier molecular flexibility index (Phi) is 7.08. The Morgan fingerprint density at radius 3 is 2.62 bits per heavy atom. The highest BCUT2D eigenvalue weighted by atomic mass is 19.1. The van der Waals surface area contributed by atoms with E-state index >= 15 is 0 Å². The molecule has 0 spiro atoms. The normalized spacial score (nSPS) is 22.4. The predicted octanol–water partition coefficient (Wildman–Crippen LogP) is 6.35. The Bertz CT molecular complexity index is 1330. The molecule has 3 aromatic carbocycles. The van der Waals surface area contributed by atoms with Gasteiger partial charge in [0.25, 0.3) is 11.8 Å². The van der Waals surface area contributed by atoms with Gasteiger partial charge in [0.2, 0.25) is 0 Å². The molecule has 1 aliphatic carbocycles. The summed E-state index contributed by atoms with van der Waals surface area (Å²) in [6.45, 7) is 4.67. The van der Waals surface area contributed by atoms with Gasteiger partial charge in [0.05, 0.1) is 12.2 Å². The summed E-state index contributed by atoms with van der Waals surface area (Å²) in [4.78, 5) is 27.9. The van der Waals surface area contributed by atoms with Crippen LogP contribution >= 0.6 is 0 Å². The van der Waals surface area contributed by atoms with Crippen molar-refractivity contribution in [1.82, 2.24) is 5.32 Å². The van der Waals surface area contributed by atoms with E-state index in [1.165, 1.54) is 18.6 Å². The minimum atomic E-state index is -0.348. The number of rotatable bonds is 5. The van der Waals surface area contributed by atoms with Crippen molar-refractivity contribution in [1.29, 1.82) is 0 Å². The number of anilines is 1. The van der Waals surface area contributed by atoms with Gasteiger partial charge in [0.15, 0.2) is 11.5 Å². The lowest BCUT2D eigenvalue weighted by molar-refractivity contribution is -0.117. The number of halogens is 1. The largest absolute Gasteiger partial charge is 0.449 e. The van der Waals surface area contributed by atoms with Gasteiger partial charge in [-0.2, -0.15) is 0 Å². The predicted molar refractivity (Wildman–Crippen MR) is 143 cm³/mol. The van der Waals surface area contributed by atoms with E-state index in [-0.39, 0.29) is 36.0 Å². The number of carbonyl (C=O) groups is 2. The molecule has 37 heavy (non-hydrogen) atoms. The molecule has 0 radical (unpaired) electrons. The molecule has 1 saturated carbocycles. The van der Waals surface area contributed by atoms with Gasteiger partial charge in [-0.1, -0.05) is 63.1 Å². The van der Waals surface area contributed by atoms with Crippen molar-refractivity contribution in [3.63, 3.8) is 0 Å². The van der Waals surface area contributed by atoms with Crippen LogP contribution in [0.2, 0.25) is 0 Å². The third-order valence-corrected chi connectivity index (χ3v) is 7.56. The lowest BCUT2D eigenvalue weighted by Gasteiger charge is -2.34. The Hall–Kier alpha value is -3.93. The Morgan fingerprint density at radius 1 is 1.05 bits per heavy atom. The van der Waals surface area contributed by atoms with Gasteiger partial charge in [-0.15, -0.1) is 0 Å². The average molecular weight is 499 g/mol. The maximum atomic E-state index is 13.8. The monoisotopic (exact) mass is 498 g/mol. The van der Waals surface area contributed by atoms with Crippen molar-refractivity contribution in [3.8, 4) is 5.75 Å². The molecule has 5 rings (SSSR count). The van der Waals surface area contributed by atoms with E-state index < -0.39 is 0 Å². The topological polar surface area (TPSA) is 58.6 Å². The SMILES string of the molecule is C[C@H]1[C@H](C)CCC[C@H]1NC(=O)c1ccc(/C=C2\Oc3ccccc3N(Cc3cccc(F)c3)C2=O)cc1. The second-order valence-corrected chi connectivity index (χ2v) is 10.1. The molecule has 0 aromatic heterocycles. The first kappa shape index (κ1) is 24.8. The summed E-state index contributed by atoms with van der Waals surface area (Å²) >= 11 is 0. The fourth-order valence-corrected chi connectivity index (χ4v) is 5.16. The number of fused-ring (bicyclic) bond motifs is 1. The minimum absolute atomic E-state index is 0.0784. The van der Waals surface area contributed by atoms with Gasteiger partial charge in [0.1, 0.15) is 5.82 Å². The average Bonchev–Trinajstić information content (AvgIpc) is 2.89. The number of hydrogen-bond donors (Lipinski definition) is 1. The van der Waals surface area contributed by atoms with Crippen LogP contribution in [0.5, 0.6) is 5.75 Å². The number of amides is 2. The molecule has 5 nitrogen and oxygen atoms in total. The number of para-hydroxylation sites is 2. The fourth-order valence-electron chi connectivity index (χ4n) is 5.16. The van der Waals surface area contributed by atoms with Gasteiger partial charge in [-0.3, -0.25) is 14.5 Å². The molecule has 1 aliphatic heterocycles. The maximum absolute atomic E-state index is 13.8. The van der Waals surface area contributed by atoms with Crippen LogP contribution in [0.4, 0.5) is 10.1 Å². The zero-order chi connectivity index (χ0) is 25.9. The zero-order valence-electron chi connectivity index (χ0n) is 21.1. The first-order valence-electron chi connectivity index (χ1n) is 12.8. The lowest BCUT2D eigenvalue weighted by Crippen LogP contribution is -2.43. The van der Waals surface area contributed by atoms with E-state index in [0.717, 1.165) is 18.4 Å². The highest BCUT2D eigenvalue weighted by Crippen LogP contribution is 2.36. The van der Waals surface area contributed by atoms with Crippen LogP contribution < -0.4 is 15.0 Å². The second kappa shape index (κ2) is 10.6. The maximum Gasteiger partial charge on any atom is 0.294 e. The summed E-state index contributed by atoms with van der Waals surface area (Å²) < 4.78 is 19.7. The van der Waals surface area contributed by atoms with Gasteiger partial charge in [-0.25, -0.2) is 4.39 Å². The molecule has 0 bridgehead atoms. The number of benzene rings is 3. The molecule has 1 heterocycles. The fraction of sp³-hybridized carbons (Fsp3) is 0.290. The minimum Gasteiger partial charge on any atom is -0.449 e. The molecule has 3 atom stereocenters. The van der Waals surface area contributed by atoms with Gasteiger partial charge < -0.3 is 10.1 Å². The van der Waals surface area contributed by atoms with Crippen LogP contribution in [0.15, 0.2) is 78.6 Å². The molecule has 1 fully saturated rings. The molecule has 6 heteroatoms. The van der Waals surface area contributed by atoms with Crippen molar-refractivity contribution in [2.75, 3.05) is 4.90 Å².